The number of carbonyl (C=O) groups excluding carboxylic acids is 2. The lowest BCUT2D eigenvalue weighted by Crippen LogP contribution is -2.34. The number of nitrogens with zero attached hydrogens (tertiary/aromatic N) is 2. The van der Waals surface area contributed by atoms with E-state index in [1.54, 1.807) is 30.3 Å². The summed E-state index contributed by atoms with van der Waals surface area (Å²) < 4.78 is 13.4. The van der Waals surface area contributed by atoms with Gasteiger partial charge in [-0.25, -0.2) is 4.39 Å². The van der Waals surface area contributed by atoms with Crippen molar-refractivity contribution in [3.63, 3.8) is 0 Å². The number of piperidine rings is 1. The molecule has 7 heteroatoms. The third kappa shape index (κ3) is 4.17. The lowest BCUT2D eigenvalue weighted by atomic mass is 9.89. The third-order valence-electron chi connectivity index (χ3n) is 6.69. The summed E-state index contributed by atoms with van der Waals surface area (Å²) in [6.07, 6.45) is 5.99. The first-order valence-corrected chi connectivity index (χ1v) is 11.1. The van der Waals surface area contributed by atoms with E-state index in [-0.39, 0.29) is 30.0 Å². The third-order valence-corrected chi connectivity index (χ3v) is 6.69. The van der Waals surface area contributed by atoms with Crippen molar-refractivity contribution in [3.05, 3.63) is 71.2 Å². The topological polar surface area (TPSA) is 56.4 Å². The van der Waals surface area contributed by atoms with Crippen LogP contribution in [0.4, 0.5) is 4.39 Å². The molecule has 0 aliphatic carbocycles. The van der Waals surface area contributed by atoms with Crippen LogP contribution >= 0.6 is 12.4 Å². The smallest absolute Gasteiger partial charge is 0.261 e. The van der Waals surface area contributed by atoms with E-state index in [4.69, 9.17) is 0 Å². The summed E-state index contributed by atoms with van der Waals surface area (Å²) in [5, 5.41) is 1.13. The molecule has 1 fully saturated rings. The van der Waals surface area contributed by atoms with Gasteiger partial charge in [0.2, 0.25) is 0 Å². The Morgan fingerprint density at radius 2 is 1.59 bits per heavy atom. The fourth-order valence-electron chi connectivity index (χ4n) is 4.97. The molecule has 0 spiro atoms. The molecule has 3 heterocycles. The molecule has 2 aliphatic heterocycles. The molecule has 3 aromatic rings. The average molecular weight is 456 g/mol. The Labute approximate surface area is 193 Å². The van der Waals surface area contributed by atoms with E-state index in [0.717, 1.165) is 56.2 Å². The number of nitrogens with one attached hydrogen (secondary N) is 1. The Bertz CT molecular complexity index is 1100. The molecule has 2 aliphatic rings. The number of aromatic amines is 1. The van der Waals surface area contributed by atoms with E-state index >= 15 is 0 Å². The van der Waals surface area contributed by atoms with Crippen LogP contribution in [-0.4, -0.2) is 52.8 Å². The largest absolute Gasteiger partial charge is 0.361 e. The van der Waals surface area contributed by atoms with Crippen LogP contribution in [0.25, 0.3) is 10.9 Å². The highest BCUT2D eigenvalue weighted by molar-refractivity contribution is 6.21. The standard InChI is InChI=1S/C25H26FN3O2.ClH/c26-18-7-8-19-22(16-27-23(19)15-18)17-9-13-28(14-10-17)11-3-4-12-29-24(30)20-5-1-2-6-21(20)25(29)31;/h1-2,5-8,15-17,27H,3-4,9-14H2;1H. The molecular formula is C25H27ClFN3O2. The van der Waals surface area contributed by atoms with Crippen LogP contribution in [-0.2, 0) is 0 Å². The summed E-state index contributed by atoms with van der Waals surface area (Å²) in [7, 11) is 0. The number of amides is 2. The molecule has 1 aromatic heterocycles. The molecule has 5 nitrogen and oxygen atoms in total. The predicted molar refractivity (Wildman–Crippen MR) is 125 cm³/mol. The maximum atomic E-state index is 13.4. The Hall–Kier alpha value is -2.70. The second-order valence-electron chi connectivity index (χ2n) is 8.56. The van der Waals surface area contributed by atoms with E-state index in [0.29, 0.717) is 23.6 Å². The van der Waals surface area contributed by atoms with Gasteiger partial charge in [0.05, 0.1) is 11.1 Å². The quantitative estimate of drug-likeness (QED) is 0.421. The highest BCUT2D eigenvalue weighted by atomic mass is 35.5. The maximum Gasteiger partial charge on any atom is 0.261 e. The minimum Gasteiger partial charge on any atom is -0.361 e. The summed E-state index contributed by atoms with van der Waals surface area (Å²) in [6.45, 7) is 3.53. The zero-order valence-electron chi connectivity index (χ0n) is 17.9. The minimum absolute atomic E-state index is 0. The molecule has 0 atom stereocenters. The predicted octanol–water partition coefficient (Wildman–Crippen LogP) is 4.98. The Kier molecular flexibility index (Phi) is 6.63. The number of unbranched alkanes of at least 4 members (excludes halogenated alkanes) is 1. The number of fused-ring (bicyclic) bond motifs is 2. The van der Waals surface area contributed by atoms with Crippen molar-refractivity contribution in [1.29, 1.82) is 0 Å². The van der Waals surface area contributed by atoms with Gasteiger partial charge in [-0.05, 0) is 87.1 Å². The summed E-state index contributed by atoms with van der Waals surface area (Å²) in [5.74, 6) is -0.0502. The van der Waals surface area contributed by atoms with E-state index < -0.39 is 0 Å². The molecule has 0 saturated carbocycles. The highest BCUT2D eigenvalue weighted by Gasteiger charge is 2.34. The Morgan fingerprint density at radius 1 is 0.938 bits per heavy atom. The lowest BCUT2D eigenvalue weighted by molar-refractivity contribution is 0.0649. The van der Waals surface area contributed by atoms with Gasteiger partial charge >= 0.3 is 0 Å². The molecule has 0 radical (unpaired) electrons. The summed E-state index contributed by atoms with van der Waals surface area (Å²) >= 11 is 0. The number of imide groups is 1. The van der Waals surface area contributed by atoms with Crippen molar-refractivity contribution >= 4 is 35.1 Å². The molecule has 0 bridgehead atoms. The number of hydrogen-bond acceptors (Lipinski definition) is 3. The van der Waals surface area contributed by atoms with Gasteiger partial charge in [-0.2, -0.15) is 0 Å². The van der Waals surface area contributed by atoms with E-state index in [2.05, 4.69) is 9.88 Å². The normalized spacial score (nSPS) is 17.1. The second kappa shape index (κ2) is 9.43. The van der Waals surface area contributed by atoms with Gasteiger partial charge < -0.3 is 9.88 Å². The summed E-state index contributed by atoms with van der Waals surface area (Å²) in [4.78, 5) is 31.9. The van der Waals surface area contributed by atoms with Crippen LogP contribution in [0.1, 0.15) is 57.9 Å². The molecular weight excluding hydrogens is 429 g/mol. The van der Waals surface area contributed by atoms with Crippen LogP contribution in [0.15, 0.2) is 48.7 Å². The van der Waals surface area contributed by atoms with E-state index in [1.807, 2.05) is 12.3 Å². The number of halogens is 2. The molecule has 0 unspecified atom stereocenters. The fourth-order valence-corrected chi connectivity index (χ4v) is 4.97. The van der Waals surface area contributed by atoms with Crippen LogP contribution < -0.4 is 0 Å². The first-order valence-electron chi connectivity index (χ1n) is 11.1. The van der Waals surface area contributed by atoms with Crippen molar-refractivity contribution in [2.45, 2.75) is 31.6 Å². The zero-order valence-corrected chi connectivity index (χ0v) is 18.7. The first-order chi connectivity index (χ1) is 15.1. The minimum atomic E-state index is -0.211. The molecule has 32 heavy (non-hydrogen) atoms. The van der Waals surface area contributed by atoms with Crippen molar-refractivity contribution in [1.82, 2.24) is 14.8 Å². The molecule has 2 aromatic carbocycles. The number of carbonyl (C=O) groups is 2. The van der Waals surface area contributed by atoms with Gasteiger partial charge in [0.25, 0.3) is 11.8 Å². The summed E-state index contributed by atoms with van der Waals surface area (Å²) in [5.41, 5.74) is 3.20. The molecule has 1 saturated heterocycles. The van der Waals surface area contributed by atoms with Crippen LogP contribution in [0.2, 0.25) is 0 Å². The molecule has 1 N–H and O–H groups in total. The number of likely N-dealkylation sites (tertiary alicyclic amines) is 1. The van der Waals surface area contributed by atoms with E-state index in [1.165, 1.54) is 16.5 Å². The number of hydrogen-bond donors (Lipinski definition) is 1. The Morgan fingerprint density at radius 3 is 2.28 bits per heavy atom. The maximum absolute atomic E-state index is 13.4. The summed E-state index contributed by atoms with van der Waals surface area (Å²) in [6, 6.07) is 12.0. The van der Waals surface area contributed by atoms with Gasteiger partial charge in [0.1, 0.15) is 5.82 Å². The number of H-pyrrole nitrogens is 1. The highest BCUT2D eigenvalue weighted by Crippen LogP contribution is 2.33. The first kappa shape index (κ1) is 22.5. The van der Waals surface area contributed by atoms with Crippen molar-refractivity contribution < 1.29 is 14.0 Å². The molecule has 168 valence electrons. The van der Waals surface area contributed by atoms with Crippen LogP contribution in [0.5, 0.6) is 0 Å². The van der Waals surface area contributed by atoms with Crippen LogP contribution in [0.3, 0.4) is 0 Å². The van der Waals surface area contributed by atoms with Gasteiger partial charge in [0, 0.05) is 23.6 Å². The van der Waals surface area contributed by atoms with Gasteiger partial charge in [-0.15, -0.1) is 12.4 Å². The lowest BCUT2D eigenvalue weighted by Gasteiger charge is -2.32. The SMILES string of the molecule is Cl.O=C1c2ccccc2C(=O)N1CCCCN1CCC(c2c[nH]c3cc(F)ccc23)CC1. The number of rotatable bonds is 6. The second-order valence-corrected chi connectivity index (χ2v) is 8.56. The van der Waals surface area contributed by atoms with Crippen molar-refractivity contribution in [2.75, 3.05) is 26.2 Å². The van der Waals surface area contributed by atoms with Gasteiger partial charge in [0.15, 0.2) is 0 Å². The number of benzene rings is 2. The molecule has 2 amide bonds. The monoisotopic (exact) mass is 455 g/mol. The van der Waals surface area contributed by atoms with Gasteiger partial charge in [-0.3, -0.25) is 14.5 Å². The fraction of sp³-hybridized carbons (Fsp3) is 0.360. The zero-order chi connectivity index (χ0) is 21.4. The molecule has 5 rings (SSSR count). The van der Waals surface area contributed by atoms with Crippen molar-refractivity contribution in [3.8, 4) is 0 Å². The number of aromatic nitrogens is 1. The van der Waals surface area contributed by atoms with Crippen LogP contribution in [0, 0.1) is 5.82 Å². The van der Waals surface area contributed by atoms with E-state index in [9.17, 15) is 14.0 Å². The Balaban J connectivity index is 0.00000245. The van der Waals surface area contributed by atoms with Crippen molar-refractivity contribution in [2.24, 2.45) is 0 Å². The average Bonchev–Trinajstić information content (AvgIpc) is 3.31. The van der Waals surface area contributed by atoms with Gasteiger partial charge in [-0.1, -0.05) is 12.1 Å².